The summed E-state index contributed by atoms with van der Waals surface area (Å²) in [6, 6.07) is 18.6. The maximum Gasteiger partial charge on any atom is 0.261 e. The number of sulfonamides is 1. The molecule has 3 aromatic carbocycles. The van der Waals surface area contributed by atoms with Gasteiger partial charge >= 0.3 is 0 Å². The van der Waals surface area contributed by atoms with E-state index in [1.54, 1.807) is 42.5 Å². The van der Waals surface area contributed by atoms with Gasteiger partial charge in [-0.05, 0) is 72.3 Å². The molecule has 0 unspecified atom stereocenters. The number of carbonyl (C=O) groups is 1. The van der Waals surface area contributed by atoms with Crippen molar-refractivity contribution in [2.45, 2.75) is 4.90 Å². The van der Waals surface area contributed by atoms with Crippen LogP contribution in [0.5, 0.6) is 11.5 Å². The number of benzene rings is 3. The second kappa shape index (κ2) is 8.62. The van der Waals surface area contributed by atoms with E-state index in [1.165, 1.54) is 49.6 Å². The Kier molecular flexibility index (Phi) is 5.99. The largest absolute Gasteiger partial charge is 0.508 e. The van der Waals surface area contributed by atoms with E-state index >= 15 is 0 Å². The van der Waals surface area contributed by atoms with Crippen LogP contribution in [0.15, 0.2) is 83.8 Å². The van der Waals surface area contributed by atoms with Gasteiger partial charge < -0.3 is 9.84 Å². The van der Waals surface area contributed by atoms with Gasteiger partial charge in [0.25, 0.3) is 10.0 Å². The second-order valence-corrected chi connectivity index (χ2v) is 7.83. The number of ether oxygens (including phenoxy) is 1. The molecule has 0 heterocycles. The first-order valence-corrected chi connectivity index (χ1v) is 10.1. The Labute approximate surface area is 169 Å². The number of nitrogens with one attached hydrogen (secondary N) is 1. The number of anilines is 1. The van der Waals surface area contributed by atoms with Gasteiger partial charge in [-0.1, -0.05) is 18.2 Å². The lowest BCUT2D eigenvalue weighted by Crippen LogP contribution is -2.13. The number of allylic oxidation sites excluding steroid dienone is 1. The molecule has 0 aromatic heterocycles. The van der Waals surface area contributed by atoms with Gasteiger partial charge in [0.2, 0.25) is 0 Å². The van der Waals surface area contributed by atoms with Crippen molar-refractivity contribution in [1.82, 2.24) is 0 Å². The van der Waals surface area contributed by atoms with E-state index < -0.39 is 10.0 Å². The van der Waals surface area contributed by atoms with Crippen LogP contribution in [0.1, 0.15) is 15.9 Å². The van der Waals surface area contributed by atoms with Crippen LogP contribution in [-0.4, -0.2) is 26.4 Å². The van der Waals surface area contributed by atoms with Crippen LogP contribution in [0.25, 0.3) is 6.08 Å². The molecule has 0 saturated carbocycles. The summed E-state index contributed by atoms with van der Waals surface area (Å²) in [6.45, 7) is 0. The van der Waals surface area contributed by atoms with Gasteiger partial charge in [-0.2, -0.15) is 0 Å². The van der Waals surface area contributed by atoms with Crippen molar-refractivity contribution in [2.75, 3.05) is 11.8 Å². The van der Waals surface area contributed by atoms with Crippen molar-refractivity contribution in [1.29, 1.82) is 0 Å². The Morgan fingerprint density at radius 1 is 0.931 bits per heavy atom. The SMILES string of the molecule is COc1ccc(NS(=O)(=O)c2ccc(C(=O)/C=C/c3ccc(O)cc3)cc2)cc1. The number of methoxy groups -OCH3 is 1. The van der Waals surface area contributed by atoms with Crippen molar-refractivity contribution in [3.63, 3.8) is 0 Å². The van der Waals surface area contributed by atoms with E-state index in [0.717, 1.165) is 5.56 Å². The molecule has 0 aliphatic heterocycles. The van der Waals surface area contributed by atoms with E-state index in [4.69, 9.17) is 4.74 Å². The monoisotopic (exact) mass is 409 g/mol. The summed E-state index contributed by atoms with van der Waals surface area (Å²) in [7, 11) is -2.25. The normalized spacial score (nSPS) is 11.3. The molecular formula is C22H19NO5S. The maximum absolute atomic E-state index is 12.5. The molecule has 6 nitrogen and oxygen atoms in total. The van der Waals surface area contributed by atoms with E-state index in [2.05, 4.69) is 4.72 Å². The lowest BCUT2D eigenvalue weighted by atomic mass is 10.1. The zero-order valence-electron chi connectivity index (χ0n) is 15.6. The van der Waals surface area contributed by atoms with Crippen molar-refractivity contribution in [2.24, 2.45) is 0 Å². The zero-order valence-corrected chi connectivity index (χ0v) is 16.4. The van der Waals surface area contributed by atoms with Crippen LogP contribution in [-0.2, 0) is 10.0 Å². The first-order valence-electron chi connectivity index (χ1n) is 8.66. The summed E-state index contributed by atoms with van der Waals surface area (Å²) in [4.78, 5) is 12.3. The second-order valence-electron chi connectivity index (χ2n) is 6.15. The molecule has 2 N–H and O–H groups in total. The lowest BCUT2D eigenvalue weighted by molar-refractivity contribution is 0.104. The highest BCUT2D eigenvalue weighted by atomic mass is 32.2. The number of carbonyl (C=O) groups excluding carboxylic acids is 1. The Balaban J connectivity index is 1.70. The highest BCUT2D eigenvalue weighted by Crippen LogP contribution is 2.20. The highest BCUT2D eigenvalue weighted by molar-refractivity contribution is 7.92. The highest BCUT2D eigenvalue weighted by Gasteiger charge is 2.15. The van der Waals surface area contributed by atoms with E-state index in [1.807, 2.05) is 0 Å². The van der Waals surface area contributed by atoms with Crippen LogP contribution in [0.4, 0.5) is 5.69 Å². The Morgan fingerprint density at radius 2 is 1.55 bits per heavy atom. The average Bonchev–Trinajstić information content (AvgIpc) is 2.73. The third-order valence-electron chi connectivity index (χ3n) is 4.11. The predicted octanol–water partition coefficient (Wildman–Crippen LogP) is 4.10. The number of hydrogen-bond acceptors (Lipinski definition) is 5. The van der Waals surface area contributed by atoms with Crippen molar-refractivity contribution >= 4 is 27.6 Å². The fourth-order valence-corrected chi connectivity index (χ4v) is 3.58. The lowest BCUT2D eigenvalue weighted by Gasteiger charge is -2.09. The number of hydrogen-bond donors (Lipinski definition) is 2. The fraction of sp³-hybridized carbons (Fsp3) is 0.0455. The standard InChI is InChI=1S/C22H19NO5S/c1-28-20-11-7-18(8-12-20)23-29(26,27)21-13-5-17(6-14-21)22(25)15-4-16-2-9-19(24)10-3-16/h2-15,23-24H,1H3/b15-4+. The summed E-state index contributed by atoms with van der Waals surface area (Å²) < 4.78 is 32.6. The van der Waals surface area contributed by atoms with Gasteiger partial charge in [-0.15, -0.1) is 0 Å². The zero-order chi connectivity index (χ0) is 20.9. The van der Waals surface area contributed by atoms with Gasteiger partial charge in [0, 0.05) is 11.3 Å². The summed E-state index contributed by atoms with van der Waals surface area (Å²) in [5.74, 6) is 0.509. The molecule has 29 heavy (non-hydrogen) atoms. The first-order chi connectivity index (χ1) is 13.9. The van der Waals surface area contributed by atoms with Crippen molar-refractivity contribution in [3.05, 3.63) is 90.0 Å². The number of phenolic OH excluding ortho intramolecular Hbond substituents is 1. The Morgan fingerprint density at radius 3 is 2.14 bits per heavy atom. The molecule has 0 aliphatic carbocycles. The molecule has 0 saturated heterocycles. The fourth-order valence-electron chi connectivity index (χ4n) is 2.53. The predicted molar refractivity (Wildman–Crippen MR) is 112 cm³/mol. The van der Waals surface area contributed by atoms with Gasteiger partial charge in [-0.25, -0.2) is 8.42 Å². The smallest absolute Gasteiger partial charge is 0.261 e. The van der Waals surface area contributed by atoms with Crippen LogP contribution >= 0.6 is 0 Å². The van der Waals surface area contributed by atoms with Crippen LogP contribution in [0.2, 0.25) is 0 Å². The third-order valence-corrected chi connectivity index (χ3v) is 5.51. The topological polar surface area (TPSA) is 92.7 Å². The minimum atomic E-state index is -3.78. The summed E-state index contributed by atoms with van der Waals surface area (Å²) in [6.07, 6.45) is 3.02. The van der Waals surface area contributed by atoms with E-state index in [0.29, 0.717) is 17.0 Å². The average molecular weight is 409 g/mol. The van der Waals surface area contributed by atoms with Gasteiger partial charge in [-0.3, -0.25) is 9.52 Å². The molecule has 0 amide bonds. The Bertz CT molecular complexity index is 1120. The number of ketones is 1. The minimum absolute atomic E-state index is 0.0485. The minimum Gasteiger partial charge on any atom is -0.508 e. The van der Waals surface area contributed by atoms with Crippen LogP contribution in [0, 0.1) is 0 Å². The van der Waals surface area contributed by atoms with Crippen LogP contribution in [0.3, 0.4) is 0 Å². The summed E-state index contributed by atoms with van der Waals surface area (Å²) in [5.41, 5.74) is 1.53. The number of phenols is 1. The molecule has 0 spiro atoms. The van der Waals surface area contributed by atoms with Crippen molar-refractivity contribution in [3.8, 4) is 11.5 Å². The Hall–Kier alpha value is -3.58. The van der Waals surface area contributed by atoms with Crippen molar-refractivity contribution < 1.29 is 23.1 Å². The molecule has 0 bridgehead atoms. The first kappa shape index (κ1) is 20.2. The van der Waals surface area contributed by atoms with Gasteiger partial charge in [0.05, 0.1) is 12.0 Å². The molecule has 0 radical (unpaired) electrons. The van der Waals surface area contributed by atoms with Gasteiger partial charge in [0.15, 0.2) is 5.78 Å². The van der Waals surface area contributed by atoms with Gasteiger partial charge in [0.1, 0.15) is 11.5 Å². The summed E-state index contributed by atoms with van der Waals surface area (Å²) >= 11 is 0. The number of aromatic hydroxyl groups is 1. The molecule has 7 heteroatoms. The third kappa shape index (κ3) is 5.24. The van der Waals surface area contributed by atoms with Crippen LogP contribution < -0.4 is 9.46 Å². The quantitative estimate of drug-likeness (QED) is 0.453. The maximum atomic E-state index is 12.5. The van der Waals surface area contributed by atoms with E-state index in [-0.39, 0.29) is 16.4 Å². The molecule has 3 aromatic rings. The molecule has 0 aliphatic rings. The van der Waals surface area contributed by atoms with E-state index in [9.17, 15) is 18.3 Å². The molecule has 0 fully saturated rings. The molecular weight excluding hydrogens is 390 g/mol. The summed E-state index contributed by atoms with van der Waals surface area (Å²) in [5, 5.41) is 9.27. The molecule has 0 atom stereocenters. The molecule has 3 rings (SSSR count). The number of rotatable bonds is 7. The molecule has 148 valence electrons.